The van der Waals surface area contributed by atoms with E-state index in [4.69, 9.17) is 5.26 Å². The van der Waals surface area contributed by atoms with Crippen molar-refractivity contribution in [3.63, 3.8) is 0 Å². The molecule has 3 rings (SSSR count). The Kier molecular flexibility index (Phi) is 5.64. The Morgan fingerprint density at radius 2 is 2.23 bits per heavy atom. The fourth-order valence-electron chi connectivity index (χ4n) is 3.22. The van der Waals surface area contributed by atoms with Crippen LogP contribution < -0.4 is 10.2 Å². The lowest BCUT2D eigenvalue weighted by molar-refractivity contribution is 0.266. The predicted molar refractivity (Wildman–Crippen MR) is 97.9 cm³/mol. The fourth-order valence-corrected chi connectivity index (χ4v) is 3.22. The van der Waals surface area contributed by atoms with Crippen LogP contribution in [0.2, 0.25) is 0 Å². The van der Waals surface area contributed by atoms with Gasteiger partial charge in [0.15, 0.2) is 0 Å². The van der Waals surface area contributed by atoms with E-state index in [1.165, 1.54) is 12.1 Å². The number of aromatic nitrogens is 2. The summed E-state index contributed by atoms with van der Waals surface area (Å²) in [5.74, 6) is 0.636. The number of aliphatic hydroxyl groups excluding tert-OH is 1. The first-order valence-electron chi connectivity index (χ1n) is 8.86. The number of aryl methyl sites for hydroxylation is 1. The largest absolute Gasteiger partial charge is 0.394 e. The highest BCUT2D eigenvalue weighted by molar-refractivity contribution is 5.58. The first-order valence-corrected chi connectivity index (χ1v) is 8.86. The molecule has 1 aromatic carbocycles. The highest BCUT2D eigenvalue weighted by atomic mass is 19.1. The van der Waals surface area contributed by atoms with E-state index in [1.807, 2.05) is 12.1 Å². The molecular formula is C19H22FN5O. The topological polar surface area (TPSA) is 85.1 Å². The third kappa shape index (κ3) is 3.92. The maximum absolute atomic E-state index is 13.5. The lowest BCUT2D eigenvalue weighted by atomic mass is 10.2. The van der Waals surface area contributed by atoms with Crippen LogP contribution in [0.15, 0.2) is 24.3 Å². The van der Waals surface area contributed by atoms with Gasteiger partial charge >= 0.3 is 0 Å². The molecule has 1 aromatic heterocycles. The van der Waals surface area contributed by atoms with Gasteiger partial charge in [-0.2, -0.15) is 10.2 Å². The molecule has 0 spiro atoms. The molecule has 0 amide bonds. The van der Waals surface area contributed by atoms with Gasteiger partial charge in [-0.3, -0.25) is 0 Å². The Morgan fingerprint density at radius 1 is 1.38 bits per heavy atom. The number of anilines is 3. The lowest BCUT2D eigenvalue weighted by Crippen LogP contribution is -2.33. The van der Waals surface area contributed by atoms with Gasteiger partial charge in [-0.1, -0.05) is 13.3 Å². The van der Waals surface area contributed by atoms with Gasteiger partial charge in [-0.15, -0.1) is 0 Å². The van der Waals surface area contributed by atoms with E-state index < -0.39 is 5.82 Å². The fraction of sp³-hybridized carbons (Fsp3) is 0.421. The van der Waals surface area contributed by atoms with E-state index >= 15 is 0 Å². The molecule has 0 saturated carbocycles. The van der Waals surface area contributed by atoms with Crippen molar-refractivity contribution in [3.05, 3.63) is 41.3 Å². The second-order valence-electron chi connectivity index (χ2n) is 6.39. The Bertz CT molecular complexity index is 820. The maximum Gasteiger partial charge on any atom is 0.229 e. The Morgan fingerprint density at radius 3 is 2.96 bits per heavy atom. The highest BCUT2D eigenvalue weighted by Gasteiger charge is 2.25. The predicted octanol–water partition coefficient (Wildman–Crippen LogP) is 3.14. The van der Waals surface area contributed by atoms with Crippen molar-refractivity contribution in [2.24, 2.45) is 0 Å². The lowest BCUT2D eigenvalue weighted by Gasteiger charge is -2.25. The van der Waals surface area contributed by atoms with Gasteiger partial charge in [0.05, 0.1) is 18.2 Å². The summed E-state index contributed by atoms with van der Waals surface area (Å²) in [5.41, 5.74) is 1.44. The normalized spacial score (nSPS) is 16.5. The van der Waals surface area contributed by atoms with Crippen molar-refractivity contribution >= 4 is 17.5 Å². The van der Waals surface area contributed by atoms with Crippen molar-refractivity contribution in [2.45, 2.75) is 38.6 Å². The summed E-state index contributed by atoms with van der Waals surface area (Å²) in [4.78, 5) is 11.2. The molecule has 1 saturated heterocycles. The molecule has 0 aliphatic carbocycles. The zero-order valence-corrected chi connectivity index (χ0v) is 14.7. The summed E-state index contributed by atoms with van der Waals surface area (Å²) in [6.45, 7) is 3.03. The first-order chi connectivity index (χ1) is 12.6. The van der Waals surface area contributed by atoms with Crippen molar-refractivity contribution in [1.29, 1.82) is 5.26 Å². The minimum atomic E-state index is -0.553. The summed E-state index contributed by atoms with van der Waals surface area (Å²) in [7, 11) is 0. The minimum Gasteiger partial charge on any atom is -0.394 e. The van der Waals surface area contributed by atoms with Crippen molar-refractivity contribution in [3.8, 4) is 6.07 Å². The maximum atomic E-state index is 13.5. The molecule has 6 nitrogen and oxygen atoms in total. The summed E-state index contributed by atoms with van der Waals surface area (Å²) >= 11 is 0. The van der Waals surface area contributed by atoms with Gasteiger partial charge in [0.2, 0.25) is 5.95 Å². The van der Waals surface area contributed by atoms with E-state index in [1.54, 1.807) is 6.07 Å². The van der Waals surface area contributed by atoms with Gasteiger partial charge in [-0.05, 0) is 37.5 Å². The zero-order chi connectivity index (χ0) is 18.5. The Hall–Kier alpha value is -2.72. The molecular weight excluding hydrogens is 333 g/mol. The number of benzene rings is 1. The summed E-state index contributed by atoms with van der Waals surface area (Å²) in [6.07, 6.45) is 3.73. The molecule has 2 aromatic rings. The minimum absolute atomic E-state index is 0.0279. The first kappa shape index (κ1) is 18.1. The summed E-state index contributed by atoms with van der Waals surface area (Å²) < 4.78 is 13.5. The van der Waals surface area contributed by atoms with Crippen molar-refractivity contribution < 1.29 is 9.50 Å². The third-order valence-electron chi connectivity index (χ3n) is 4.50. The van der Waals surface area contributed by atoms with E-state index in [9.17, 15) is 9.50 Å². The smallest absolute Gasteiger partial charge is 0.229 e. The molecule has 136 valence electrons. The quantitative estimate of drug-likeness (QED) is 0.828. The summed E-state index contributed by atoms with van der Waals surface area (Å²) in [5, 5.41) is 21.7. The van der Waals surface area contributed by atoms with Crippen molar-refractivity contribution in [1.82, 2.24) is 9.97 Å². The monoisotopic (exact) mass is 355 g/mol. The molecule has 0 bridgehead atoms. The molecule has 1 fully saturated rings. The van der Waals surface area contributed by atoms with Crippen LogP contribution in [-0.2, 0) is 6.42 Å². The van der Waals surface area contributed by atoms with Crippen LogP contribution in [0.4, 0.5) is 21.8 Å². The van der Waals surface area contributed by atoms with Crippen LogP contribution >= 0.6 is 0 Å². The Labute approximate surface area is 152 Å². The molecule has 26 heavy (non-hydrogen) atoms. The third-order valence-corrected chi connectivity index (χ3v) is 4.50. The second-order valence-corrected chi connectivity index (χ2v) is 6.39. The molecule has 2 heterocycles. The molecule has 0 radical (unpaired) electrons. The number of nitrogens with zero attached hydrogens (tertiary/aromatic N) is 4. The van der Waals surface area contributed by atoms with Gasteiger partial charge in [0.25, 0.3) is 0 Å². The molecule has 0 unspecified atom stereocenters. The van der Waals surface area contributed by atoms with Crippen LogP contribution in [0.25, 0.3) is 0 Å². The second kappa shape index (κ2) is 8.11. The molecule has 2 N–H and O–H groups in total. The van der Waals surface area contributed by atoms with Gasteiger partial charge in [0.1, 0.15) is 17.7 Å². The number of halogens is 1. The number of rotatable bonds is 6. The Balaban J connectivity index is 1.92. The van der Waals surface area contributed by atoms with Crippen LogP contribution in [0.1, 0.15) is 37.4 Å². The number of nitrogens with one attached hydrogen (secondary N) is 1. The zero-order valence-electron chi connectivity index (χ0n) is 14.7. The molecule has 1 atom stereocenters. The molecule has 7 heteroatoms. The molecule has 1 aliphatic rings. The molecule has 1 aliphatic heterocycles. The number of nitriles is 1. The van der Waals surface area contributed by atoms with Crippen LogP contribution in [0.5, 0.6) is 0 Å². The van der Waals surface area contributed by atoms with E-state index in [-0.39, 0.29) is 18.2 Å². The number of hydrogen-bond donors (Lipinski definition) is 2. The summed E-state index contributed by atoms with van der Waals surface area (Å²) in [6, 6.07) is 8.11. The number of aliphatic hydroxyl groups is 1. The van der Waals surface area contributed by atoms with E-state index in [0.29, 0.717) is 11.6 Å². The van der Waals surface area contributed by atoms with Crippen molar-refractivity contribution in [2.75, 3.05) is 23.4 Å². The SMILES string of the molecule is CCCc1cc(N2CCC[C@H]2CO)nc(Nc2ccc(F)c(C#N)c2)n1. The average molecular weight is 355 g/mol. The van der Waals surface area contributed by atoms with Gasteiger partial charge in [0, 0.05) is 24.0 Å². The van der Waals surface area contributed by atoms with Crippen LogP contribution in [-0.4, -0.2) is 34.3 Å². The van der Waals surface area contributed by atoms with E-state index in [0.717, 1.165) is 43.7 Å². The van der Waals surface area contributed by atoms with Crippen LogP contribution in [0, 0.1) is 17.1 Å². The van der Waals surface area contributed by atoms with Gasteiger partial charge < -0.3 is 15.3 Å². The van der Waals surface area contributed by atoms with Crippen LogP contribution in [0.3, 0.4) is 0 Å². The van der Waals surface area contributed by atoms with Gasteiger partial charge in [-0.25, -0.2) is 9.37 Å². The highest BCUT2D eigenvalue weighted by Crippen LogP contribution is 2.26. The standard InChI is InChI=1S/C19H22FN5O/c1-2-4-14-10-18(25-8-3-5-16(25)12-26)24-19(22-14)23-15-6-7-17(20)13(9-15)11-21/h6-7,9-10,16,26H,2-5,8,12H2,1H3,(H,22,23,24)/t16-/m0/s1. The average Bonchev–Trinajstić information content (AvgIpc) is 3.12. The van der Waals surface area contributed by atoms with E-state index in [2.05, 4.69) is 27.1 Å². The number of hydrogen-bond acceptors (Lipinski definition) is 6.